The van der Waals surface area contributed by atoms with Crippen molar-refractivity contribution in [2.24, 2.45) is 0 Å². The van der Waals surface area contributed by atoms with E-state index in [0.717, 1.165) is 6.41 Å². The highest BCUT2D eigenvalue weighted by molar-refractivity contribution is 5.48. The molecule has 0 aromatic heterocycles. The van der Waals surface area contributed by atoms with Crippen LogP contribution in [0.25, 0.3) is 0 Å². The normalized spacial score (nSPS) is 11.1. The Balaban J connectivity index is 3.94. The molecule has 0 saturated carbocycles. The summed E-state index contributed by atoms with van der Waals surface area (Å²) in [6.45, 7) is 0.825. The van der Waals surface area contributed by atoms with Gasteiger partial charge in [-0.3, -0.25) is 4.79 Å². The van der Waals surface area contributed by atoms with Crippen molar-refractivity contribution in [2.45, 2.75) is 13.2 Å². The van der Waals surface area contributed by atoms with Gasteiger partial charge in [0.25, 0.3) is 0 Å². The topological polar surface area (TPSA) is 20.3 Å². The average molecular weight is 140 g/mol. The van der Waals surface area contributed by atoms with Crippen LogP contribution >= 0.6 is 0 Å². The van der Waals surface area contributed by atoms with Crippen LogP contribution in [0.1, 0.15) is 6.92 Å². The lowest BCUT2D eigenvalue weighted by molar-refractivity contribution is -0.216. The number of carbonyl (C=O) groups excluding carboxylic acids is 1. The van der Waals surface area contributed by atoms with Crippen molar-refractivity contribution in [3.05, 3.63) is 0 Å². The first-order valence-corrected chi connectivity index (χ1v) is 2.24. The number of halogens is 3. The van der Waals surface area contributed by atoms with Crippen LogP contribution in [0.4, 0.5) is 13.2 Å². The van der Waals surface area contributed by atoms with Gasteiger partial charge in [-0.2, -0.15) is 0 Å². The van der Waals surface area contributed by atoms with Gasteiger partial charge in [0.05, 0.1) is 0 Å². The van der Waals surface area contributed by atoms with Crippen LogP contribution in [0.5, 0.6) is 0 Å². The third-order valence-corrected chi connectivity index (χ3v) is 0.732. The fraction of sp³-hybridized carbons (Fsp3) is 0.750. The zero-order chi connectivity index (χ0) is 7.49. The van der Waals surface area contributed by atoms with E-state index in [-0.39, 0.29) is 4.90 Å². The maximum absolute atomic E-state index is 11.4. The summed E-state index contributed by atoms with van der Waals surface area (Å²) in [4.78, 5) is 9.10. The van der Waals surface area contributed by atoms with Crippen molar-refractivity contribution in [3.63, 3.8) is 0 Å². The molecular weight excluding hydrogens is 135 g/mol. The van der Waals surface area contributed by atoms with Crippen molar-refractivity contribution in [2.75, 3.05) is 6.54 Å². The van der Waals surface area contributed by atoms with E-state index in [1.54, 1.807) is 0 Å². The van der Waals surface area contributed by atoms with Gasteiger partial charge in [-0.25, -0.2) is 4.90 Å². The van der Waals surface area contributed by atoms with Gasteiger partial charge < -0.3 is 0 Å². The lowest BCUT2D eigenvalue weighted by atomic mass is 10.6. The Morgan fingerprint density at radius 3 is 2.00 bits per heavy atom. The third-order valence-electron chi connectivity index (χ3n) is 0.732. The summed E-state index contributed by atoms with van der Waals surface area (Å²) in [6, 6.07) is 0. The monoisotopic (exact) mass is 140 g/mol. The second kappa shape index (κ2) is 2.70. The Kier molecular flexibility index (Phi) is 2.48. The molecule has 2 nitrogen and oxygen atoms in total. The molecule has 0 aliphatic carbocycles. The van der Waals surface area contributed by atoms with Gasteiger partial charge in [-0.1, -0.05) is 0 Å². The summed E-state index contributed by atoms with van der Waals surface area (Å²) in [6.07, 6.45) is -3.82. The van der Waals surface area contributed by atoms with Crippen LogP contribution in [0.2, 0.25) is 0 Å². The van der Waals surface area contributed by atoms with Gasteiger partial charge in [-0.15, -0.1) is 13.2 Å². The summed E-state index contributed by atoms with van der Waals surface area (Å²) in [7, 11) is 0. The van der Waals surface area contributed by atoms with Gasteiger partial charge in [0.1, 0.15) is 0 Å². The molecule has 0 atom stereocenters. The predicted molar refractivity (Wildman–Crippen MR) is 24.1 cm³/mol. The van der Waals surface area contributed by atoms with Crippen molar-refractivity contribution >= 4 is 6.41 Å². The van der Waals surface area contributed by atoms with Gasteiger partial charge >= 0.3 is 12.7 Å². The van der Waals surface area contributed by atoms with Gasteiger partial charge in [0.2, 0.25) is 0 Å². The minimum Gasteiger partial charge on any atom is -0.263 e. The summed E-state index contributed by atoms with van der Waals surface area (Å²) in [5.41, 5.74) is 0. The van der Waals surface area contributed by atoms with Crippen LogP contribution in [0.3, 0.4) is 0 Å². The quantitative estimate of drug-likeness (QED) is 0.412. The molecule has 1 amide bonds. The van der Waals surface area contributed by atoms with E-state index in [1.165, 1.54) is 6.92 Å². The minimum absolute atomic E-state index is 0.368. The highest BCUT2D eigenvalue weighted by atomic mass is 19.4. The van der Waals surface area contributed by atoms with Crippen molar-refractivity contribution in [3.8, 4) is 0 Å². The zero-order valence-electron chi connectivity index (χ0n) is 4.70. The molecule has 0 fully saturated rings. The molecule has 0 heterocycles. The third kappa shape index (κ3) is 2.34. The highest BCUT2D eigenvalue weighted by Crippen LogP contribution is 2.17. The molecule has 0 aliphatic heterocycles. The predicted octanol–water partition coefficient (Wildman–Crippen LogP) is 0.895. The number of nitrogens with zero attached hydrogens (tertiary/aromatic N) is 1. The molecule has 0 unspecified atom stereocenters. The van der Waals surface area contributed by atoms with Crippen molar-refractivity contribution in [1.29, 1.82) is 0 Å². The minimum atomic E-state index is -4.57. The Hall–Kier alpha value is -0.740. The van der Waals surface area contributed by atoms with Crippen LogP contribution in [-0.4, -0.2) is 24.2 Å². The molecular formula is C4H5F3NO. The Morgan fingerprint density at radius 2 is 2.00 bits per heavy atom. The smallest absolute Gasteiger partial charge is 0.263 e. The van der Waals surface area contributed by atoms with E-state index < -0.39 is 12.8 Å². The van der Waals surface area contributed by atoms with Gasteiger partial charge in [0, 0.05) is 6.54 Å². The molecule has 0 rings (SSSR count). The van der Waals surface area contributed by atoms with E-state index in [4.69, 9.17) is 0 Å². The molecule has 0 N–H and O–H groups in total. The number of hydrogen-bond acceptors (Lipinski definition) is 1. The largest absolute Gasteiger partial charge is 0.487 e. The number of amides is 1. The maximum atomic E-state index is 11.4. The van der Waals surface area contributed by atoms with E-state index in [0.29, 0.717) is 0 Å². The van der Waals surface area contributed by atoms with E-state index >= 15 is 0 Å². The fourth-order valence-corrected chi connectivity index (χ4v) is 0.296. The fourth-order valence-electron chi connectivity index (χ4n) is 0.296. The zero-order valence-corrected chi connectivity index (χ0v) is 4.70. The molecule has 53 valence electrons. The van der Waals surface area contributed by atoms with Gasteiger partial charge in [-0.05, 0) is 6.92 Å². The Bertz CT molecular complexity index is 100. The first kappa shape index (κ1) is 8.26. The lowest BCUT2D eigenvalue weighted by Gasteiger charge is -2.15. The van der Waals surface area contributed by atoms with Gasteiger partial charge in [0.15, 0.2) is 0 Å². The average Bonchev–Trinajstić information content (AvgIpc) is 1.65. The standard InChI is InChI=1S/C4H5F3NO/c1-2-8(3-9)4(5,6)7/h2H2,1H3. The Morgan fingerprint density at radius 1 is 1.56 bits per heavy atom. The van der Waals surface area contributed by atoms with Crippen molar-refractivity contribution < 1.29 is 18.0 Å². The molecule has 0 bridgehead atoms. The first-order valence-electron chi connectivity index (χ1n) is 2.24. The van der Waals surface area contributed by atoms with Crippen LogP contribution < -0.4 is 0 Å². The second-order valence-electron chi connectivity index (χ2n) is 1.30. The number of hydrogen-bond donors (Lipinski definition) is 0. The number of alkyl halides is 3. The van der Waals surface area contributed by atoms with E-state index in [1.807, 2.05) is 0 Å². The lowest BCUT2D eigenvalue weighted by Crippen LogP contribution is -2.36. The molecule has 1 radical (unpaired) electrons. The van der Waals surface area contributed by atoms with Crippen LogP contribution in [0, 0.1) is 0 Å². The SMILES string of the molecule is CCN([C]=O)C(F)(F)F. The molecule has 0 spiro atoms. The maximum Gasteiger partial charge on any atom is 0.487 e. The summed E-state index contributed by atoms with van der Waals surface area (Å²) < 4.78 is 34.2. The molecule has 0 aromatic rings. The molecule has 0 aliphatic rings. The molecule has 0 aromatic carbocycles. The van der Waals surface area contributed by atoms with E-state index in [9.17, 15) is 18.0 Å². The Labute approximate surface area is 50.3 Å². The van der Waals surface area contributed by atoms with Crippen LogP contribution in [0.15, 0.2) is 0 Å². The summed E-state index contributed by atoms with van der Waals surface area (Å²) in [5.74, 6) is 0. The highest BCUT2D eigenvalue weighted by Gasteiger charge is 2.35. The molecule has 9 heavy (non-hydrogen) atoms. The van der Waals surface area contributed by atoms with Crippen LogP contribution in [-0.2, 0) is 4.79 Å². The molecule has 0 saturated heterocycles. The summed E-state index contributed by atoms with van der Waals surface area (Å²) in [5, 5.41) is 0. The number of rotatable bonds is 2. The van der Waals surface area contributed by atoms with Crippen molar-refractivity contribution in [1.82, 2.24) is 4.90 Å². The second-order valence-corrected chi connectivity index (χ2v) is 1.30. The van der Waals surface area contributed by atoms with E-state index in [2.05, 4.69) is 0 Å². The molecule has 5 heteroatoms. The first-order chi connectivity index (χ1) is 4.02. The summed E-state index contributed by atoms with van der Waals surface area (Å²) >= 11 is 0.